The molecule has 0 aliphatic carbocycles. The number of rotatable bonds is 3. The van der Waals surface area contributed by atoms with E-state index >= 15 is 0 Å². The molecule has 0 spiro atoms. The molecule has 2 nitrogen and oxygen atoms in total. The van der Waals surface area contributed by atoms with E-state index in [1.165, 1.54) is 5.56 Å². The zero-order valence-corrected chi connectivity index (χ0v) is 6.75. The summed E-state index contributed by atoms with van der Waals surface area (Å²) in [5.41, 5.74) is 1.28. The summed E-state index contributed by atoms with van der Waals surface area (Å²) >= 11 is 0. The normalized spacial score (nSPS) is 9.91. The number of pyridine rings is 1. The molecular weight excluding hydrogens is 135 g/mol. The lowest BCUT2D eigenvalue weighted by Crippen LogP contribution is -2.37. The summed E-state index contributed by atoms with van der Waals surface area (Å²) in [5.74, 6) is 0. The highest BCUT2D eigenvalue weighted by Crippen LogP contribution is 1.88. The topological polar surface area (TPSA) is 15.9 Å². The van der Waals surface area contributed by atoms with Gasteiger partial charge in [0.1, 0.15) is 0 Å². The Morgan fingerprint density at radius 2 is 2.09 bits per heavy atom. The van der Waals surface area contributed by atoms with Crippen molar-refractivity contribution < 1.29 is 4.57 Å². The summed E-state index contributed by atoms with van der Waals surface area (Å²) in [5, 5.41) is 2.61. The fraction of sp³-hybridized carbons (Fsp3) is 0.375. The minimum atomic E-state index is 0.799. The van der Waals surface area contributed by atoms with Crippen molar-refractivity contribution >= 4 is 7.98 Å². The first-order chi connectivity index (χ1) is 5.33. The van der Waals surface area contributed by atoms with Gasteiger partial charge in [-0.1, -0.05) is 0 Å². The number of nitrogens with one attached hydrogen (secondary N) is 1. The lowest BCUT2D eigenvalue weighted by molar-refractivity contribution is -0.694. The predicted molar refractivity (Wildman–Crippen MR) is 45.1 cm³/mol. The molecule has 0 fully saturated rings. The van der Waals surface area contributed by atoms with Crippen LogP contribution in [0, 0.1) is 6.92 Å². The SMILES string of the molecule is [B]NCC[n+]1ccc(C)cc1. The Morgan fingerprint density at radius 1 is 1.45 bits per heavy atom. The molecule has 1 rings (SSSR count). The van der Waals surface area contributed by atoms with Crippen LogP contribution in [-0.4, -0.2) is 14.5 Å². The molecule has 0 aliphatic heterocycles. The van der Waals surface area contributed by atoms with E-state index in [9.17, 15) is 0 Å². The second kappa shape index (κ2) is 4.14. The number of nitrogens with zero attached hydrogens (tertiary/aromatic N) is 1. The van der Waals surface area contributed by atoms with Crippen LogP contribution in [-0.2, 0) is 6.54 Å². The smallest absolute Gasteiger partial charge is 0.178 e. The van der Waals surface area contributed by atoms with Gasteiger partial charge >= 0.3 is 0 Å². The highest BCUT2D eigenvalue weighted by Gasteiger charge is 1.95. The van der Waals surface area contributed by atoms with Crippen LogP contribution in [0.15, 0.2) is 24.5 Å². The minimum Gasteiger partial charge on any atom is -0.361 e. The van der Waals surface area contributed by atoms with Crippen molar-refractivity contribution in [1.82, 2.24) is 5.23 Å². The van der Waals surface area contributed by atoms with Crippen molar-refractivity contribution in [3.8, 4) is 0 Å². The molecule has 2 radical (unpaired) electrons. The van der Waals surface area contributed by atoms with Gasteiger partial charge in [-0.3, -0.25) is 0 Å². The summed E-state index contributed by atoms with van der Waals surface area (Å²) in [6.45, 7) is 3.79. The molecule has 1 aromatic heterocycles. The minimum absolute atomic E-state index is 0.799. The number of aromatic nitrogens is 1. The number of hydrogen-bond donors (Lipinski definition) is 1. The molecule has 0 aromatic carbocycles. The molecule has 1 heterocycles. The average molecular weight is 147 g/mol. The van der Waals surface area contributed by atoms with Crippen LogP contribution in [0.3, 0.4) is 0 Å². The van der Waals surface area contributed by atoms with Crippen molar-refractivity contribution in [3.63, 3.8) is 0 Å². The predicted octanol–water partition coefficient (Wildman–Crippen LogP) is -0.0444. The molecule has 1 N–H and O–H groups in total. The van der Waals surface area contributed by atoms with Gasteiger partial charge in [0.15, 0.2) is 26.9 Å². The molecule has 1 aromatic rings. The van der Waals surface area contributed by atoms with Gasteiger partial charge in [-0.25, -0.2) is 4.57 Å². The van der Waals surface area contributed by atoms with Gasteiger partial charge in [0.25, 0.3) is 0 Å². The van der Waals surface area contributed by atoms with Crippen molar-refractivity contribution in [1.29, 1.82) is 0 Å². The molecule has 0 bridgehead atoms. The first-order valence-electron chi connectivity index (χ1n) is 3.72. The third-order valence-electron chi connectivity index (χ3n) is 1.57. The molecule has 0 saturated heterocycles. The molecule has 56 valence electrons. The molecule has 0 unspecified atom stereocenters. The van der Waals surface area contributed by atoms with E-state index in [1.807, 2.05) is 12.4 Å². The van der Waals surface area contributed by atoms with Gasteiger partial charge in [0.05, 0.1) is 0 Å². The Bertz CT molecular complexity index is 208. The van der Waals surface area contributed by atoms with Crippen LogP contribution < -0.4 is 9.79 Å². The Morgan fingerprint density at radius 3 is 2.64 bits per heavy atom. The maximum Gasteiger partial charge on any atom is 0.178 e. The van der Waals surface area contributed by atoms with E-state index in [1.54, 1.807) is 0 Å². The third-order valence-corrected chi connectivity index (χ3v) is 1.57. The first kappa shape index (κ1) is 8.27. The zero-order valence-electron chi connectivity index (χ0n) is 6.75. The second-order valence-electron chi connectivity index (χ2n) is 2.57. The summed E-state index contributed by atoms with van der Waals surface area (Å²) < 4.78 is 2.09. The largest absolute Gasteiger partial charge is 0.361 e. The Balaban J connectivity index is 2.52. The van der Waals surface area contributed by atoms with Gasteiger partial charge < -0.3 is 5.23 Å². The molecule has 3 heteroatoms. The lowest BCUT2D eigenvalue weighted by atomic mass is 10.3. The monoisotopic (exact) mass is 147 g/mol. The average Bonchev–Trinajstić information content (AvgIpc) is 2.04. The fourth-order valence-corrected chi connectivity index (χ4v) is 0.875. The maximum atomic E-state index is 5.14. The molecular formula is C8H12BN2+. The number of hydrogen-bond acceptors (Lipinski definition) is 1. The van der Waals surface area contributed by atoms with Crippen LogP contribution in [0.5, 0.6) is 0 Å². The van der Waals surface area contributed by atoms with E-state index in [4.69, 9.17) is 7.98 Å². The standard InChI is InChI=1S/C8H12BN2/c1-8-2-5-11(6-3-8)7-4-10-9/h2-3,5-6,10H,4,7H2,1H3/q+1. The maximum absolute atomic E-state index is 5.14. The van der Waals surface area contributed by atoms with Crippen molar-refractivity contribution in [3.05, 3.63) is 30.1 Å². The number of aryl methyl sites for hydroxylation is 1. The van der Waals surface area contributed by atoms with Crippen LogP contribution in [0.25, 0.3) is 0 Å². The Kier molecular flexibility index (Phi) is 3.11. The summed E-state index contributed by atoms with van der Waals surface area (Å²) in [6.07, 6.45) is 4.10. The molecule has 0 amide bonds. The Hall–Kier alpha value is -0.825. The molecule has 0 aliphatic rings. The summed E-state index contributed by atoms with van der Waals surface area (Å²) in [7, 11) is 5.14. The van der Waals surface area contributed by atoms with E-state index < -0.39 is 0 Å². The summed E-state index contributed by atoms with van der Waals surface area (Å²) in [4.78, 5) is 0. The van der Waals surface area contributed by atoms with Crippen LogP contribution in [0.4, 0.5) is 0 Å². The first-order valence-corrected chi connectivity index (χ1v) is 3.72. The van der Waals surface area contributed by atoms with E-state index in [0.717, 1.165) is 13.1 Å². The van der Waals surface area contributed by atoms with Gasteiger partial charge in [-0.05, 0) is 12.5 Å². The molecule has 0 saturated carbocycles. The van der Waals surface area contributed by atoms with Crippen LogP contribution >= 0.6 is 0 Å². The highest BCUT2D eigenvalue weighted by atomic mass is 15.0. The second-order valence-corrected chi connectivity index (χ2v) is 2.57. The third kappa shape index (κ3) is 2.72. The van der Waals surface area contributed by atoms with Crippen molar-refractivity contribution in [2.45, 2.75) is 13.5 Å². The zero-order chi connectivity index (χ0) is 8.10. The van der Waals surface area contributed by atoms with Gasteiger partial charge in [-0.15, -0.1) is 0 Å². The Labute approximate surface area is 68.7 Å². The van der Waals surface area contributed by atoms with Crippen LogP contribution in [0.2, 0.25) is 0 Å². The van der Waals surface area contributed by atoms with Crippen molar-refractivity contribution in [2.75, 3.05) is 6.54 Å². The molecule has 0 atom stereocenters. The van der Waals surface area contributed by atoms with Gasteiger partial charge in [0.2, 0.25) is 0 Å². The van der Waals surface area contributed by atoms with E-state index in [2.05, 4.69) is 28.9 Å². The quantitative estimate of drug-likeness (QED) is 0.468. The fourth-order valence-electron chi connectivity index (χ4n) is 0.875. The highest BCUT2D eigenvalue weighted by molar-refractivity contribution is 6.04. The lowest BCUT2D eigenvalue weighted by Gasteiger charge is -1.95. The van der Waals surface area contributed by atoms with Gasteiger partial charge in [-0.2, -0.15) is 0 Å². The van der Waals surface area contributed by atoms with Crippen LogP contribution in [0.1, 0.15) is 5.56 Å². The van der Waals surface area contributed by atoms with Gasteiger partial charge in [0, 0.05) is 18.7 Å². The summed E-state index contributed by atoms with van der Waals surface area (Å²) in [6, 6.07) is 4.16. The molecule has 11 heavy (non-hydrogen) atoms. The van der Waals surface area contributed by atoms with E-state index in [-0.39, 0.29) is 0 Å². The van der Waals surface area contributed by atoms with E-state index in [0.29, 0.717) is 0 Å². The van der Waals surface area contributed by atoms with Crippen molar-refractivity contribution in [2.24, 2.45) is 0 Å².